The van der Waals surface area contributed by atoms with Gasteiger partial charge in [-0.2, -0.15) is 5.10 Å². The molecule has 9 heteroatoms. The Labute approximate surface area is 200 Å². The fourth-order valence-electron chi connectivity index (χ4n) is 2.64. The van der Waals surface area contributed by atoms with Crippen LogP contribution in [-0.2, 0) is 4.79 Å². The van der Waals surface area contributed by atoms with Gasteiger partial charge in [0.25, 0.3) is 5.91 Å². The van der Waals surface area contributed by atoms with Gasteiger partial charge in [-0.05, 0) is 61.0 Å². The van der Waals surface area contributed by atoms with Crippen molar-refractivity contribution in [1.82, 2.24) is 5.43 Å². The van der Waals surface area contributed by atoms with E-state index in [1.807, 2.05) is 13.0 Å². The second-order valence-corrected chi connectivity index (χ2v) is 7.39. The van der Waals surface area contributed by atoms with Gasteiger partial charge in [0.15, 0.2) is 18.1 Å². The van der Waals surface area contributed by atoms with Crippen molar-refractivity contribution in [1.29, 1.82) is 0 Å². The number of benzene rings is 3. The van der Waals surface area contributed by atoms with Crippen molar-refractivity contribution in [3.8, 4) is 17.2 Å². The quantitative estimate of drug-likeness (QED) is 0.196. The lowest BCUT2D eigenvalue weighted by Gasteiger charge is -2.11. The maximum Gasteiger partial charge on any atom is 0.343 e. The van der Waals surface area contributed by atoms with Crippen LogP contribution in [0.5, 0.6) is 17.2 Å². The monoisotopic (exact) mass is 486 g/mol. The standard InChI is InChI=1S/C24H20Cl2N2O5/c1-2-31-22-12-16(8-10-21(22)33-24(30)17-6-4-3-5-7-17)14-27-28-23(29)15-32-20-11-9-18(25)13-19(20)26/h3-14H,2,15H2,1H3,(H,28,29). The molecule has 0 unspecified atom stereocenters. The average molecular weight is 487 g/mol. The molecule has 1 N–H and O–H groups in total. The molecule has 1 amide bonds. The van der Waals surface area contributed by atoms with Crippen molar-refractivity contribution >= 4 is 41.3 Å². The normalized spacial score (nSPS) is 10.6. The summed E-state index contributed by atoms with van der Waals surface area (Å²) in [5.41, 5.74) is 3.41. The topological polar surface area (TPSA) is 86.2 Å². The molecule has 0 radical (unpaired) electrons. The fraction of sp³-hybridized carbons (Fsp3) is 0.125. The molecule has 0 aromatic heterocycles. The molecule has 0 bridgehead atoms. The van der Waals surface area contributed by atoms with E-state index < -0.39 is 11.9 Å². The van der Waals surface area contributed by atoms with Crippen LogP contribution in [0.4, 0.5) is 0 Å². The van der Waals surface area contributed by atoms with Gasteiger partial charge >= 0.3 is 5.97 Å². The zero-order valence-electron chi connectivity index (χ0n) is 17.6. The fourth-order valence-corrected chi connectivity index (χ4v) is 3.10. The summed E-state index contributed by atoms with van der Waals surface area (Å²) >= 11 is 11.8. The molecule has 3 aromatic rings. The molecule has 0 saturated heterocycles. The van der Waals surface area contributed by atoms with Crippen LogP contribution in [0, 0.1) is 0 Å². The van der Waals surface area contributed by atoms with Crippen molar-refractivity contribution in [2.75, 3.05) is 13.2 Å². The number of hydrazone groups is 1. The number of nitrogens with zero attached hydrogens (tertiary/aromatic N) is 1. The highest BCUT2D eigenvalue weighted by atomic mass is 35.5. The van der Waals surface area contributed by atoms with Gasteiger partial charge in [-0.3, -0.25) is 4.79 Å². The van der Waals surface area contributed by atoms with E-state index in [2.05, 4.69) is 10.5 Å². The molecule has 0 spiro atoms. The molecular formula is C24H20Cl2N2O5. The lowest BCUT2D eigenvalue weighted by Crippen LogP contribution is -2.24. The van der Waals surface area contributed by atoms with Crippen LogP contribution in [0.25, 0.3) is 0 Å². The summed E-state index contributed by atoms with van der Waals surface area (Å²) in [6.07, 6.45) is 1.43. The summed E-state index contributed by atoms with van der Waals surface area (Å²) < 4.78 is 16.4. The van der Waals surface area contributed by atoms with Gasteiger partial charge in [-0.15, -0.1) is 0 Å². The molecule has 0 heterocycles. The third-order valence-electron chi connectivity index (χ3n) is 4.14. The summed E-state index contributed by atoms with van der Waals surface area (Å²) in [7, 11) is 0. The molecule has 0 aliphatic carbocycles. The second-order valence-electron chi connectivity index (χ2n) is 6.55. The molecule has 0 saturated carbocycles. The van der Waals surface area contributed by atoms with Crippen LogP contribution < -0.4 is 19.6 Å². The Morgan fingerprint density at radius 2 is 1.70 bits per heavy atom. The van der Waals surface area contributed by atoms with Crippen LogP contribution >= 0.6 is 23.2 Å². The maximum atomic E-state index is 12.3. The highest BCUT2D eigenvalue weighted by molar-refractivity contribution is 6.35. The number of carbonyl (C=O) groups excluding carboxylic acids is 2. The molecule has 3 aromatic carbocycles. The van der Waals surface area contributed by atoms with E-state index in [4.69, 9.17) is 37.4 Å². The first-order valence-electron chi connectivity index (χ1n) is 9.90. The van der Waals surface area contributed by atoms with Crippen molar-refractivity contribution in [3.63, 3.8) is 0 Å². The summed E-state index contributed by atoms with van der Waals surface area (Å²) in [4.78, 5) is 24.3. The Morgan fingerprint density at radius 1 is 0.939 bits per heavy atom. The van der Waals surface area contributed by atoms with E-state index in [9.17, 15) is 9.59 Å². The van der Waals surface area contributed by atoms with Gasteiger partial charge in [0.05, 0.1) is 23.4 Å². The van der Waals surface area contributed by atoms with E-state index in [0.717, 1.165) is 0 Å². The van der Waals surface area contributed by atoms with Crippen molar-refractivity contribution < 1.29 is 23.8 Å². The molecule has 33 heavy (non-hydrogen) atoms. The van der Waals surface area contributed by atoms with E-state index in [0.29, 0.717) is 39.3 Å². The predicted molar refractivity (Wildman–Crippen MR) is 127 cm³/mol. The first-order chi connectivity index (χ1) is 16.0. The smallest absolute Gasteiger partial charge is 0.343 e. The summed E-state index contributed by atoms with van der Waals surface area (Å²) in [6, 6.07) is 18.3. The van der Waals surface area contributed by atoms with Gasteiger partial charge in [-0.1, -0.05) is 41.4 Å². The Bertz CT molecular complexity index is 1150. The third kappa shape index (κ3) is 7.24. The van der Waals surface area contributed by atoms with E-state index >= 15 is 0 Å². The van der Waals surface area contributed by atoms with Crippen molar-refractivity contribution in [2.45, 2.75) is 6.92 Å². The zero-order chi connectivity index (χ0) is 23.6. The van der Waals surface area contributed by atoms with Gasteiger partial charge in [0.1, 0.15) is 5.75 Å². The number of carbonyl (C=O) groups is 2. The Balaban J connectivity index is 1.59. The van der Waals surface area contributed by atoms with Gasteiger partial charge in [0.2, 0.25) is 0 Å². The number of esters is 1. The molecule has 3 rings (SSSR count). The maximum absolute atomic E-state index is 12.3. The second kappa shape index (κ2) is 11.9. The number of hydrogen-bond donors (Lipinski definition) is 1. The van der Waals surface area contributed by atoms with Crippen molar-refractivity contribution in [3.05, 3.63) is 87.9 Å². The number of nitrogens with one attached hydrogen (secondary N) is 1. The molecule has 0 aliphatic rings. The molecule has 0 atom stereocenters. The lowest BCUT2D eigenvalue weighted by molar-refractivity contribution is -0.123. The molecule has 7 nitrogen and oxygen atoms in total. The largest absolute Gasteiger partial charge is 0.490 e. The SMILES string of the molecule is CCOc1cc(C=NNC(=O)COc2ccc(Cl)cc2Cl)ccc1OC(=O)c1ccccc1. The predicted octanol–water partition coefficient (Wildman–Crippen LogP) is 5.14. The van der Waals surface area contributed by atoms with E-state index in [1.54, 1.807) is 54.6 Å². The Hall–Kier alpha value is -3.55. The number of amides is 1. The highest BCUT2D eigenvalue weighted by Crippen LogP contribution is 2.29. The van der Waals surface area contributed by atoms with E-state index in [-0.39, 0.29) is 12.4 Å². The number of halogens is 2. The summed E-state index contributed by atoms with van der Waals surface area (Å²) in [5, 5.41) is 4.68. The minimum absolute atomic E-state index is 0.278. The third-order valence-corrected chi connectivity index (χ3v) is 4.67. The average Bonchev–Trinajstić information content (AvgIpc) is 2.81. The summed E-state index contributed by atoms with van der Waals surface area (Å²) in [6.45, 7) is 1.91. The van der Waals surface area contributed by atoms with Crippen LogP contribution in [0.15, 0.2) is 71.8 Å². The van der Waals surface area contributed by atoms with Crippen molar-refractivity contribution in [2.24, 2.45) is 5.10 Å². The minimum atomic E-state index is -0.494. The number of hydrogen-bond acceptors (Lipinski definition) is 6. The highest BCUT2D eigenvalue weighted by Gasteiger charge is 2.13. The number of ether oxygens (including phenoxy) is 3. The lowest BCUT2D eigenvalue weighted by atomic mass is 10.2. The first-order valence-corrected chi connectivity index (χ1v) is 10.7. The minimum Gasteiger partial charge on any atom is -0.490 e. The zero-order valence-corrected chi connectivity index (χ0v) is 19.1. The molecule has 0 fully saturated rings. The molecular weight excluding hydrogens is 467 g/mol. The summed E-state index contributed by atoms with van der Waals surface area (Å²) in [5.74, 6) is 0.0156. The van der Waals surface area contributed by atoms with E-state index in [1.165, 1.54) is 12.3 Å². The van der Waals surface area contributed by atoms with Gasteiger partial charge in [-0.25, -0.2) is 10.2 Å². The molecule has 0 aliphatic heterocycles. The number of rotatable bonds is 9. The van der Waals surface area contributed by atoms with Crippen LogP contribution in [0.2, 0.25) is 10.0 Å². The first kappa shape index (κ1) is 24.1. The van der Waals surface area contributed by atoms with Gasteiger partial charge in [0, 0.05) is 5.02 Å². The molecule has 170 valence electrons. The Kier molecular flexibility index (Phi) is 8.69. The van der Waals surface area contributed by atoms with Crippen LogP contribution in [0.3, 0.4) is 0 Å². The Morgan fingerprint density at radius 3 is 2.42 bits per heavy atom. The van der Waals surface area contributed by atoms with Crippen LogP contribution in [-0.4, -0.2) is 31.3 Å². The van der Waals surface area contributed by atoms with Crippen LogP contribution in [0.1, 0.15) is 22.8 Å². The van der Waals surface area contributed by atoms with Gasteiger partial charge < -0.3 is 14.2 Å².